The molecule has 0 amide bonds. The number of hydrogen-bond acceptors (Lipinski definition) is 3. The average molecular weight is 329 g/mol. The molecule has 5 heteroatoms. The van der Waals surface area contributed by atoms with Crippen molar-refractivity contribution in [2.45, 2.75) is 26.8 Å². The number of nitrogens with zero attached hydrogens (tertiary/aromatic N) is 2. The number of aryl methyl sites for hydroxylation is 2. The number of halogens is 1. The van der Waals surface area contributed by atoms with Crippen LogP contribution in [0.5, 0.6) is 0 Å². The van der Waals surface area contributed by atoms with Gasteiger partial charge in [0.15, 0.2) is 0 Å². The molecule has 3 aromatic rings. The van der Waals surface area contributed by atoms with E-state index in [9.17, 15) is 4.79 Å². The van der Waals surface area contributed by atoms with Gasteiger partial charge in [-0.05, 0) is 44.5 Å². The lowest BCUT2D eigenvalue weighted by molar-refractivity contribution is 0.393. The summed E-state index contributed by atoms with van der Waals surface area (Å²) in [5.74, 6) is 0.742. The monoisotopic (exact) mass is 328 g/mol. The zero-order chi connectivity index (χ0) is 16.6. The summed E-state index contributed by atoms with van der Waals surface area (Å²) in [5, 5.41) is 4.66. The summed E-state index contributed by atoms with van der Waals surface area (Å²) in [4.78, 5) is 12.3. The van der Waals surface area contributed by atoms with E-state index in [-0.39, 0.29) is 11.6 Å². The molecular weight excluding hydrogens is 312 g/mol. The zero-order valence-corrected chi connectivity index (χ0v) is 14.0. The van der Waals surface area contributed by atoms with Crippen molar-refractivity contribution in [3.8, 4) is 11.1 Å². The molecule has 2 aromatic heterocycles. The predicted molar refractivity (Wildman–Crippen MR) is 90.9 cm³/mol. The fourth-order valence-electron chi connectivity index (χ4n) is 2.75. The van der Waals surface area contributed by atoms with Gasteiger partial charge in [-0.15, -0.1) is 0 Å². The standard InChI is InChI=1S/C18H17ClN2O2/c1-11-18(13(3)23-20-11)15-6-9-17(22)21(10-15)12(2)14-4-7-16(19)8-5-14/h4-10,12H,1-3H3. The molecule has 0 bridgehead atoms. The summed E-state index contributed by atoms with van der Waals surface area (Å²) in [7, 11) is 0. The number of pyridine rings is 1. The van der Waals surface area contributed by atoms with Crippen LogP contribution in [0.4, 0.5) is 0 Å². The van der Waals surface area contributed by atoms with Crippen LogP contribution in [-0.4, -0.2) is 9.72 Å². The Kier molecular flexibility index (Phi) is 4.09. The van der Waals surface area contributed by atoms with Crippen LogP contribution in [0.1, 0.15) is 30.0 Å². The second-order valence-corrected chi connectivity index (χ2v) is 6.03. The molecule has 0 aliphatic rings. The van der Waals surface area contributed by atoms with Crippen LogP contribution in [0.25, 0.3) is 11.1 Å². The van der Waals surface area contributed by atoms with Gasteiger partial charge < -0.3 is 9.09 Å². The number of hydrogen-bond donors (Lipinski definition) is 0. The van der Waals surface area contributed by atoms with Gasteiger partial charge in [0, 0.05) is 28.4 Å². The summed E-state index contributed by atoms with van der Waals surface area (Å²) in [6, 6.07) is 10.8. The molecule has 1 aromatic carbocycles. The molecule has 0 saturated heterocycles. The maximum Gasteiger partial charge on any atom is 0.251 e. The van der Waals surface area contributed by atoms with Crippen molar-refractivity contribution < 1.29 is 4.52 Å². The molecule has 0 radical (unpaired) electrons. The van der Waals surface area contributed by atoms with E-state index < -0.39 is 0 Å². The first-order valence-corrected chi connectivity index (χ1v) is 7.76. The molecule has 1 atom stereocenters. The summed E-state index contributed by atoms with van der Waals surface area (Å²) in [6.07, 6.45) is 1.86. The number of benzene rings is 1. The Morgan fingerprint density at radius 1 is 1.13 bits per heavy atom. The van der Waals surface area contributed by atoms with Crippen LogP contribution in [0.3, 0.4) is 0 Å². The lowest BCUT2D eigenvalue weighted by atomic mass is 10.0. The minimum absolute atomic E-state index is 0.0528. The van der Waals surface area contributed by atoms with Crippen molar-refractivity contribution in [3.05, 3.63) is 75.0 Å². The first-order valence-electron chi connectivity index (χ1n) is 7.38. The second kappa shape index (κ2) is 6.05. The van der Waals surface area contributed by atoms with Crippen LogP contribution in [0.2, 0.25) is 5.02 Å². The van der Waals surface area contributed by atoms with E-state index in [4.69, 9.17) is 16.1 Å². The minimum atomic E-state index is -0.0970. The fourth-order valence-corrected chi connectivity index (χ4v) is 2.88. The summed E-state index contributed by atoms with van der Waals surface area (Å²) >= 11 is 5.94. The van der Waals surface area contributed by atoms with Crippen molar-refractivity contribution in [2.75, 3.05) is 0 Å². The molecule has 0 fully saturated rings. The van der Waals surface area contributed by atoms with Gasteiger partial charge in [0.05, 0.1) is 11.7 Å². The second-order valence-electron chi connectivity index (χ2n) is 5.59. The Bertz CT molecular complexity index is 875. The number of aromatic nitrogens is 2. The van der Waals surface area contributed by atoms with E-state index in [0.29, 0.717) is 5.02 Å². The van der Waals surface area contributed by atoms with E-state index >= 15 is 0 Å². The molecule has 0 aliphatic heterocycles. The van der Waals surface area contributed by atoms with Gasteiger partial charge in [-0.2, -0.15) is 0 Å². The molecule has 0 spiro atoms. The highest BCUT2D eigenvalue weighted by atomic mass is 35.5. The van der Waals surface area contributed by atoms with Crippen LogP contribution >= 0.6 is 11.6 Å². The average Bonchev–Trinajstić information content (AvgIpc) is 2.87. The highest BCUT2D eigenvalue weighted by Crippen LogP contribution is 2.27. The molecule has 0 aliphatic carbocycles. The fraction of sp³-hybridized carbons (Fsp3) is 0.222. The molecule has 3 rings (SSSR count). The Balaban J connectivity index is 2.08. The maximum atomic E-state index is 12.3. The van der Waals surface area contributed by atoms with Crippen molar-refractivity contribution in [1.29, 1.82) is 0 Å². The third kappa shape index (κ3) is 2.94. The van der Waals surface area contributed by atoms with Gasteiger partial charge in [-0.25, -0.2) is 0 Å². The SMILES string of the molecule is Cc1noc(C)c1-c1ccc(=O)n(C(C)c2ccc(Cl)cc2)c1. The molecule has 4 nitrogen and oxygen atoms in total. The topological polar surface area (TPSA) is 48.0 Å². The molecular formula is C18H17ClN2O2. The van der Waals surface area contributed by atoms with E-state index in [0.717, 1.165) is 28.1 Å². The predicted octanol–water partition coefficient (Wildman–Crippen LogP) is 4.38. The summed E-state index contributed by atoms with van der Waals surface area (Å²) < 4.78 is 6.94. The minimum Gasteiger partial charge on any atom is -0.361 e. The normalized spacial score (nSPS) is 12.3. The maximum absolute atomic E-state index is 12.3. The lowest BCUT2D eigenvalue weighted by Crippen LogP contribution is -2.22. The van der Waals surface area contributed by atoms with E-state index in [2.05, 4.69) is 5.16 Å². The molecule has 1 unspecified atom stereocenters. The summed E-state index contributed by atoms with van der Waals surface area (Å²) in [6.45, 7) is 5.75. The van der Waals surface area contributed by atoms with E-state index in [1.165, 1.54) is 0 Å². The van der Waals surface area contributed by atoms with E-state index in [1.807, 2.05) is 51.2 Å². The van der Waals surface area contributed by atoms with Crippen LogP contribution in [-0.2, 0) is 0 Å². The van der Waals surface area contributed by atoms with Gasteiger partial charge in [0.25, 0.3) is 5.56 Å². The Labute approximate surface area is 139 Å². The first kappa shape index (κ1) is 15.6. The Hall–Kier alpha value is -2.33. The molecule has 118 valence electrons. The number of rotatable bonds is 3. The van der Waals surface area contributed by atoms with Crippen molar-refractivity contribution in [2.24, 2.45) is 0 Å². The molecule has 0 saturated carbocycles. The third-order valence-corrected chi connectivity index (χ3v) is 4.28. The van der Waals surface area contributed by atoms with Crippen LogP contribution in [0, 0.1) is 13.8 Å². The lowest BCUT2D eigenvalue weighted by Gasteiger charge is -2.17. The zero-order valence-electron chi connectivity index (χ0n) is 13.2. The molecule has 23 heavy (non-hydrogen) atoms. The van der Waals surface area contributed by atoms with E-state index in [1.54, 1.807) is 16.7 Å². The first-order chi connectivity index (χ1) is 11.0. The van der Waals surface area contributed by atoms with Crippen molar-refractivity contribution >= 4 is 11.6 Å². The van der Waals surface area contributed by atoms with Crippen molar-refractivity contribution in [3.63, 3.8) is 0 Å². The van der Waals surface area contributed by atoms with Gasteiger partial charge in [0.2, 0.25) is 0 Å². The van der Waals surface area contributed by atoms with Crippen LogP contribution < -0.4 is 5.56 Å². The molecule has 2 heterocycles. The Morgan fingerprint density at radius 2 is 1.83 bits per heavy atom. The highest BCUT2D eigenvalue weighted by molar-refractivity contribution is 6.30. The van der Waals surface area contributed by atoms with Crippen molar-refractivity contribution in [1.82, 2.24) is 9.72 Å². The van der Waals surface area contributed by atoms with Crippen LogP contribution in [0.15, 0.2) is 51.9 Å². The van der Waals surface area contributed by atoms with Gasteiger partial charge >= 0.3 is 0 Å². The van der Waals surface area contributed by atoms with Gasteiger partial charge in [-0.1, -0.05) is 28.9 Å². The molecule has 0 N–H and O–H groups in total. The third-order valence-electron chi connectivity index (χ3n) is 4.03. The quantitative estimate of drug-likeness (QED) is 0.716. The largest absolute Gasteiger partial charge is 0.361 e. The smallest absolute Gasteiger partial charge is 0.251 e. The highest BCUT2D eigenvalue weighted by Gasteiger charge is 2.15. The summed E-state index contributed by atoms with van der Waals surface area (Å²) in [5.41, 5.74) is 3.63. The van der Waals surface area contributed by atoms with Gasteiger partial charge in [-0.3, -0.25) is 4.79 Å². The van der Waals surface area contributed by atoms with Gasteiger partial charge in [0.1, 0.15) is 5.76 Å². The Morgan fingerprint density at radius 3 is 2.43 bits per heavy atom.